The minimum absolute atomic E-state index is 0.600. The first-order valence-corrected chi connectivity index (χ1v) is 8.71. The van der Waals surface area contributed by atoms with Crippen molar-refractivity contribution in [3.63, 3.8) is 0 Å². The normalized spacial score (nSPS) is 12.0. The Morgan fingerprint density at radius 2 is 1.38 bits per heavy atom. The summed E-state index contributed by atoms with van der Waals surface area (Å²) in [4.78, 5) is 2.31. The zero-order valence-electron chi connectivity index (χ0n) is 14.7. The van der Waals surface area contributed by atoms with Crippen molar-refractivity contribution in [3.05, 3.63) is 90.0 Å². The number of benzene rings is 3. The van der Waals surface area contributed by atoms with Crippen molar-refractivity contribution in [2.24, 2.45) is 0 Å². The summed E-state index contributed by atoms with van der Waals surface area (Å²) in [7, 11) is 0. The number of hydrogen-bond donors (Lipinski definition) is 0. The van der Waals surface area contributed by atoms with E-state index in [9.17, 15) is 0 Å². The first-order chi connectivity index (χ1) is 11.7. The van der Waals surface area contributed by atoms with E-state index in [-0.39, 0.29) is 0 Å². The predicted octanol–water partition coefficient (Wildman–Crippen LogP) is 6.98. The van der Waals surface area contributed by atoms with Gasteiger partial charge in [0.2, 0.25) is 0 Å². The second-order valence-electron chi connectivity index (χ2n) is 6.41. The summed E-state index contributed by atoms with van der Waals surface area (Å²) in [6, 6.07) is 28.2. The standard InChI is InChI=1S/C23H25N/c1-4-19(3)20-13-15-22(16-14-20)24(21-10-6-5-7-11-21)23-12-8-9-18(2)17-23/h5-17,19H,4H2,1-3H3. The summed E-state index contributed by atoms with van der Waals surface area (Å²) >= 11 is 0. The molecule has 0 N–H and O–H groups in total. The first kappa shape index (κ1) is 16.3. The highest BCUT2D eigenvalue weighted by Crippen LogP contribution is 2.35. The Hall–Kier alpha value is -2.54. The quantitative estimate of drug-likeness (QED) is 0.491. The van der Waals surface area contributed by atoms with Gasteiger partial charge in [-0.2, -0.15) is 0 Å². The van der Waals surface area contributed by atoms with Crippen molar-refractivity contribution in [2.75, 3.05) is 4.90 Å². The minimum Gasteiger partial charge on any atom is -0.310 e. The van der Waals surface area contributed by atoms with Crippen LogP contribution in [0, 0.1) is 6.92 Å². The molecule has 1 heteroatoms. The molecule has 3 aromatic carbocycles. The van der Waals surface area contributed by atoms with Gasteiger partial charge < -0.3 is 4.90 Å². The fourth-order valence-corrected chi connectivity index (χ4v) is 2.98. The molecule has 0 heterocycles. The molecule has 1 nitrogen and oxygen atoms in total. The van der Waals surface area contributed by atoms with Gasteiger partial charge in [-0.1, -0.05) is 56.3 Å². The Balaban J connectivity index is 2.05. The molecule has 1 atom stereocenters. The van der Waals surface area contributed by atoms with Crippen LogP contribution in [0.3, 0.4) is 0 Å². The maximum Gasteiger partial charge on any atom is 0.0464 e. The number of aryl methyl sites for hydroxylation is 1. The zero-order chi connectivity index (χ0) is 16.9. The summed E-state index contributed by atoms with van der Waals surface area (Å²) in [5, 5.41) is 0. The van der Waals surface area contributed by atoms with E-state index in [1.807, 2.05) is 0 Å². The lowest BCUT2D eigenvalue weighted by Crippen LogP contribution is -2.10. The number of para-hydroxylation sites is 1. The molecule has 0 radical (unpaired) electrons. The third kappa shape index (κ3) is 3.51. The molecule has 0 fully saturated rings. The SMILES string of the molecule is CCC(C)c1ccc(N(c2ccccc2)c2cccc(C)c2)cc1. The highest BCUT2D eigenvalue weighted by molar-refractivity contribution is 5.76. The Morgan fingerprint density at radius 3 is 2.00 bits per heavy atom. The molecule has 122 valence electrons. The lowest BCUT2D eigenvalue weighted by atomic mass is 9.98. The van der Waals surface area contributed by atoms with Crippen molar-refractivity contribution in [1.82, 2.24) is 0 Å². The third-order valence-corrected chi connectivity index (χ3v) is 4.61. The van der Waals surface area contributed by atoms with E-state index in [0.717, 1.165) is 0 Å². The highest BCUT2D eigenvalue weighted by Gasteiger charge is 2.12. The maximum absolute atomic E-state index is 2.31. The average Bonchev–Trinajstić information content (AvgIpc) is 2.63. The minimum atomic E-state index is 0.600. The zero-order valence-corrected chi connectivity index (χ0v) is 14.7. The average molecular weight is 315 g/mol. The van der Waals surface area contributed by atoms with Crippen molar-refractivity contribution in [1.29, 1.82) is 0 Å². The second kappa shape index (κ2) is 7.35. The summed E-state index contributed by atoms with van der Waals surface area (Å²) in [5.74, 6) is 0.600. The van der Waals surface area contributed by atoms with Crippen LogP contribution in [0.25, 0.3) is 0 Å². The van der Waals surface area contributed by atoms with E-state index in [0.29, 0.717) is 5.92 Å². The van der Waals surface area contributed by atoms with Gasteiger partial charge in [0, 0.05) is 17.1 Å². The lowest BCUT2D eigenvalue weighted by Gasteiger charge is -2.26. The van der Waals surface area contributed by atoms with Crippen LogP contribution in [0.4, 0.5) is 17.1 Å². The number of anilines is 3. The van der Waals surface area contributed by atoms with Crippen LogP contribution in [-0.2, 0) is 0 Å². The van der Waals surface area contributed by atoms with Crippen LogP contribution in [0.1, 0.15) is 37.3 Å². The number of rotatable bonds is 5. The molecule has 24 heavy (non-hydrogen) atoms. The van der Waals surface area contributed by atoms with E-state index < -0.39 is 0 Å². The smallest absolute Gasteiger partial charge is 0.0464 e. The van der Waals surface area contributed by atoms with Gasteiger partial charge in [0.05, 0.1) is 0 Å². The van der Waals surface area contributed by atoms with E-state index in [1.54, 1.807) is 0 Å². The van der Waals surface area contributed by atoms with Crippen molar-refractivity contribution in [3.8, 4) is 0 Å². The lowest BCUT2D eigenvalue weighted by molar-refractivity contribution is 0.733. The maximum atomic E-state index is 2.31. The Morgan fingerprint density at radius 1 is 0.750 bits per heavy atom. The largest absolute Gasteiger partial charge is 0.310 e. The van der Waals surface area contributed by atoms with E-state index in [1.165, 1.54) is 34.6 Å². The van der Waals surface area contributed by atoms with Crippen LogP contribution < -0.4 is 4.90 Å². The fourth-order valence-electron chi connectivity index (χ4n) is 2.98. The van der Waals surface area contributed by atoms with Gasteiger partial charge in [-0.25, -0.2) is 0 Å². The molecular formula is C23H25N. The van der Waals surface area contributed by atoms with Gasteiger partial charge >= 0.3 is 0 Å². The van der Waals surface area contributed by atoms with Gasteiger partial charge in [0.25, 0.3) is 0 Å². The van der Waals surface area contributed by atoms with Crippen molar-refractivity contribution < 1.29 is 0 Å². The molecule has 0 saturated carbocycles. The molecule has 0 amide bonds. The van der Waals surface area contributed by atoms with Gasteiger partial charge in [0.1, 0.15) is 0 Å². The molecule has 0 saturated heterocycles. The summed E-state index contributed by atoms with van der Waals surface area (Å²) in [5.41, 5.74) is 6.24. The molecule has 0 aliphatic carbocycles. The molecule has 0 aliphatic heterocycles. The summed E-state index contributed by atoms with van der Waals surface area (Å²) < 4.78 is 0. The topological polar surface area (TPSA) is 3.24 Å². The molecule has 0 bridgehead atoms. The van der Waals surface area contributed by atoms with Gasteiger partial charge in [0.15, 0.2) is 0 Å². The molecule has 0 spiro atoms. The van der Waals surface area contributed by atoms with Crippen molar-refractivity contribution >= 4 is 17.1 Å². The Bertz CT molecular complexity index is 775. The van der Waals surface area contributed by atoms with Crippen LogP contribution >= 0.6 is 0 Å². The molecule has 3 aromatic rings. The van der Waals surface area contributed by atoms with E-state index in [2.05, 4.69) is 105 Å². The van der Waals surface area contributed by atoms with Crippen LogP contribution in [0.5, 0.6) is 0 Å². The molecule has 3 rings (SSSR count). The first-order valence-electron chi connectivity index (χ1n) is 8.71. The number of hydrogen-bond acceptors (Lipinski definition) is 1. The van der Waals surface area contributed by atoms with Crippen LogP contribution in [0.2, 0.25) is 0 Å². The summed E-state index contributed by atoms with van der Waals surface area (Å²) in [6.07, 6.45) is 1.17. The Labute approximate surface area is 145 Å². The summed E-state index contributed by atoms with van der Waals surface area (Å²) in [6.45, 7) is 6.66. The fraction of sp³-hybridized carbons (Fsp3) is 0.217. The Kier molecular flexibility index (Phi) is 5.00. The van der Waals surface area contributed by atoms with Crippen LogP contribution in [-0.4, -0.2) is 0 Å². The second-order valence-corrected chi connectivity index (χ2v) is 6.41. The molecular weight excluding hydrogens is 290 g/mol. The monoisotopic (exact) mass is 315 g/mol. The van der Waals surface area contributed by atoms with Gasteiger partial charge in [-0.05, 0) is 66.8 Å². The van der Waals surface area contributed by atoms with Gasteiger partial charge in [-0.3, -0.25) is 0 Å². The molecule has 0 aliphatic rings. The van der Waals surface area contributed by atoms with Gasteiger partial charge in [-0.15, -0.1) is 0 Å². The van der Waals surface area contributed by atoms with Crippen molar-refractivity contribution in [2.45, 2.75) is 33.1 Å². The molecule has 0 aromatic heterocycles. The predicted molar refractivity (Wildman–Crippen MR) is 105 cm³/mol. The third-order valence-electron chi connectivity index (χ3n) is 4.61. The van der Waals surface area contributed by atoms with E-state index in [4.69, 9.17) is 0 Å². The highest BCUT2D eigenvalue weighted by atomic mass is 15.1. The van der Waals surface area contributed by atoms with E-state index >= 15 is 0 Å². The molecule has 1 unspecified atom stereocenters. The number of nitrogens with zero attached hydrogens (tertiary/aromatic N) is 1. The van der Waals surface area contributed by atoms with Crippen LogP contribution in [0.15, 0.2) is 78.9 Å².